The molecule has 0 aliphatic heterocycles. The number of esters is 1. The normalized spacial score (nSPS) is 10.0. The lowest BCUT2D eigenvalue weighted by atomic mass is 10.0. The molecule has 0 amide bonds. The minimum atomic E-state index is -0.441. The van der Waals surface area contributed by atoms with Gasteiger partial charge in [0.15, 0.2) is 5.78 Å². The molecule has 3 heteroatoms. The lowest BCUT2D eigenvalue weighted by molar-refractivity contribution is -0.131. The maximum atomic E-state index is 12.4. The number of para-hydroxylation sites is 1. The Morgan fingerprint density at radius 1 is 0.947 bits per heavy atom. The van der Waals surface area contributed by atoms with Gasteiger partial charge >= 0.3 is 5.97 Å². The molecule has 0 spiro atoms. The topological polar surface area (TPSA) is 43.4 Å². The van der Waals surface area contributed by atoms with E-state index in [1.54, 1.807) is 36.4 Å². The average molecular weight is 254 g/mol. The molecule has 0 fully saturated rings. The Balaban J connectivity index is 2.38. The van der Waals surface area contributed by atoms with E-state index in [1.807, 2.05) is 19.1 Å². The summed E-state index contributed by atoms with van der Waals surface area (Å²) in [6, 6.07) is 14.0. The lowest BCUT2D eigenvalue weighted by Gasteiger charge is -2.08. The number of benzene rings is 2. The molecule has 0 N–H and O–H groups in total. The number of carbonyl (C=O) groups excluding carboxylic acids is 2. The van der Waals surface area contributed by atoms with Crippen LogP contribution in [0.2, 0.25) is 0 Å². The summed E-state index contributed by atoms with van der Waals surface area (Å²) in [6.45, 7) is 3.27. The first-order valence-electron chi connectivity index (χ1n) is 5.97. The molecule has 0 unspecified atom stereocenters. The van der Waals surface area contributed by atoms with Crippen LogP contribution in [0.4, 0.5) is 0 Å². The van der Waals surface area contributed by atoms with Crippen molar-refractivity contribution in [3.8, 4) is 5.75 Å². The summed E-state index contributed by atoms with van der Waals surface area (Å²) in [6.07, 6.45) is 0. The molecule has 0 heterocycles. The zero-order valence-corrected chi connectivity index (χ0v) is 10.8. The van der Waals surface area contributed by atoms with Crippen molar-refractivity contribution in [2.24, 2.45) is 0 Å². The van der Waals surface area contributed by atoms with Gasteiger partial charge in [-0.05, 0) is 19.1 Å². The van der Waals surface area contributed by atoms with Gasteiger partial charge in [0, 0.05) is 12.5 Å². The van der Waals surface area contributed by atoms with Gasteiger partial charge in [-0.2, -0.15) is 0 Å². The van der Waals surface area contributed by atoms with Crippen molar-refractivity contribution in [1.82, 2.24) is 0 Å². The summed E-state index contributed by atoms with van der Waals surface area (Å²) in [5, 5.41) is 0. The van der Waals surface area contributed by atoms with Crippen molar-refractivity contribution in [2.45, 2.75) is 13.8 Å². The van der Waals surface area contributed by atoms with E-state index in [9.17, 15) is 9.59 Å². The van der Waals surface area contributed by atoms with Crippen molar-refractivity contribution in [2.75, 3.05) is 0 Å². The Kier molecular flexibility index (Phi) is 3.76. The molecule has 2 rings (SSSR count). The third-order valence-electron chi connectivity index (χ3n) is 2.70. The monoisotopic (exact) mass is 254 g/mol. The maximum absolute atomic E-state index is 12.4. The third kappa shape index (κ3) is 3.07. The van der Waals surface area contributed by atoms with E-state index in [0.29, 0.717) is 16.9 Å². The second kappa shape index (κ2) is 5.48. The molecule has 2 aromatic carbocycles. The van der Waals surface area contributed by atoms with Gasteiger partial charge in [-0.1, -0.05) is 42.0 Å². The second-order valence-electron chi connectivity index (χ2n) is 4.28. The van der Waals surface area contributed by atoms with Crippen molar-refractivity contribution < 1.29 is 14.3 Å². The Morgan fingerprint density at radius 2 is 1.58 bits per heavy atom. The summed E-state index contributed by atoms with van der Waals surface area (Å²) < 4.78 is 5.05. The molecular formula is C16H14O3. The Bertz CT molecular complexity index is 612. The average Bonchev–Trinajstić information content (AvgIpc) is 2.39. The van der Waals surface area contributed by atoms with Gasteiger partial charge in [0.2, 0.25) is 0 Å². The standard InChI is InChI=1S/C16H14O3/c1-11-7-9-13(10-8-11)16(18)14-5-3-4-6-15(14)19-12(2)17/h3-10H,1-2H3. The molecule has 0 bridgehead atoms. The van der Waals surface area contributed by atoms with Crippen LogP contribution in [0, 0.1) is 6.92 Å². The fourth-order valence-corrected chi connectivity index (χ4v) is 1.76. The number of aryl methyl sites for hydroxylation is 1. The summed E-state index contributed by atoms with van der Waals surface area (Å²) in [5.74, 6) is -0.304. The predicted octanol–water partition coefficient (Wildman–Crippen LogP) is 3.15. The first-order valence-corrected chi connectivity index (χ1v) is 5.97. The number of hydrogen-bond acceptors (Lipinski definition) is 3. The second-order valence-corrected chi connectivity index (χ2v) is 4.28. The highest BCUT2D eigenvalue weighted by Crippen LogP contribution is 2.21. The number of carbonyl (C=O) groups is 2. The number of ether oxygens (including phenoxy) is 1. The highest BCUT2D eigenvalue weighted by Gasteiger charge is 2.15. The minimum absolute atomic E-state index is 0.156. The Morgan fingerprint density at radius 3 is 2.21 bits per heavy atom. The van der Waals surface area contributed by atoms with Crippen molar-refractivity contribution in [1.29, 1.82) is 0 Å². The fraction of sp³-hybridized carbons (Fsp3) is 0.125. The van der Waals surface area contributed by atoms with Crippen LogP contribution in [0.1, 0.15) is 28.4 Å². The molecule has 96 valence electrons. The predicted molar refractivity (Wildman–Crippen MR) is 72.4 cm³/mol. The molecule has 0 saturated heterocycles. The molecule has 2 aromatic rings. The van der Waals surface area contributed by atoms with E-state index in [4.69, 9.17) is 4.74 Å². The van der Waals surface area contributed by atoms with Gasteiger partial charge in [0.05, 0.1) is 5.56 Å². The van der Waals surface area contributed by atoms with Gasteiger partial charge in [-0.25, -0.2) is 0 Å². The van der Waals surface area contributed by atoms with Crippen LogP contribution in [-0.4, -0.2) is 11.8 Å². The molecular weight excluding hydrogens is 240 g/mol. The number of rotatable bonds is 3. The SMILES string of the molecule is CC(=O)Oc1ccccc1C(=O)c1ccc(C)cc1. The van der Waals surface area contributed by atoms with Gasteiger partial charge in [-0.15, -0.1) is 0 Å². The van der Waals surface area contributed by atoms with Gasteiger partial charge in [0.1, 0.15) is 5.75 Å². The van der Waals surface area contributed by atoms with Crippen LogP contribution in [0.15, 0.2) is 48.5 Å². The lowest BCUT2D eigenvalue weighted by Crippen LogP contribution is -2.08. The van der Waals surface area contributed by atoms with Crippen LogP contribution in [0.25, 0.3) is 0 Å². The van der Waals surface area contributed by atoms with Crippen LogP contribution in [-0.2, 0) is 4.79 Å². The smallest absolute Gasteiger partial charge is 0.308 e. The van der Waals surface area contributed by atoms with Gasteiger partial charge < -0.3 is 4.74 Å². The third-order valence-corrected chi connectivity index (χ3v) is 2.70. The molecule has 0 aromatic heterocycles. The van der Waals surface area contributed by atoms with Crippen LogP contribution >= 0.6 is 0 Å². The van der Waals surface area contributed by atoms with Crippen LogP contribution in [0.3, 0.4) is 0 Å². The van der Waals surface area contributed by atoms with Crippen LogP contribution in [0.5, 0.6) is 5.75 Å². The quantitative estimate of drug-likeness (QED) is 0.480. The van der Waals surface area contributed by atoms with Gasteiger partial charge in [0.25, 0.3) is 0 Å². The first kappa shape index (κ1) is 13.0. The molecule has 19 heavy (non-hydrogen) atoms. The Labute approximate surface area is 111 Å². The minimum Gasteiger partial charge on any atom is -0.426 e. The fourth-order valence-electron chi connectivity index (χ4n) is 1.76. The molecule has 0 atom stereocenters. The van der Waals surface area contributed by atoms with E-state index in [1.165, 1.54) is 6.92 Å². The number of ketones is 1. The highest BCUT2D eigenvalue weighted by molar-refractivity contribution is 6.11. The molecule has 0 aliphatic carbocycles. The summed E-state index contributed by atoms with van der Waals surface area (Å²) >= 11 is 0. The summed E-state index contributed by atoms with van der Waals surface area (Å²) in [4.78, 5) is 23.4. The van der Waals surface area contributed by atoms with E-state index < -0.39 is 5.97 Å². The first-order chi connectivity index (χ1) is 9.08. The van der Waals surface area contributed by atoms with Crippen molar-refractivity contribution in [3.05, 3.63) is 65.2 Å². The molecule has 3 nitrogen and oxygen atoms in total. The molecule has 0 aliphatic rings. The van der Waals surface area contributed by atoms with E-state index in [-0.39, 0.29) is 5.78 Å². The zero-order valence-electron chi connectivity index (χ0n) is 10.8. The maximum Gasteiger partial charge on any atom is 0.308 e. The molecule has 0 saturated carbocycles. The number of hydrogen-bond donors (Lipinski definition) is 0. The summed E-state index contributed by atoms with van der Waals surface area (Å²) in [7, 11) is 0. The van der Waals surface area contributed by atoms with E-state index in [2.05, 4.69) is 0 Å². The van der Waals surface area contributed by atoms with E-state index >= 15 is 0 Å². The molecule has 0 radical (unpaired) electrons. The van der Waals surface area contributed by atoms with E-state index in [0.717, 1.165) is 5.56 Å². The van der Waals surface area contributed by atoms with Crippen LogP contribution < -0.4 is 4.74 Å². The van der Waals surface area contributed by atoms with Gasteiger partial charge in [-0.3, -0.25) is 9.59 Å². The summed E-state index contributed by atoms with van der Waals surface area (Å²) in [5.41, 5.74) is 2.05. The zero-order chi connectivity index (χ0) is 13.8. The Hall–Kier alpha value is -2.42. The highest BCUT2D eigenvalue weighted by atomic mass is 16.5. The largest absolute Gasteiger partial charge is 0.426 e. The van der Waals surface area contributed by atoms with Crippen molar-refractivity contribution >= 4 is 11.8 Å². The van der Waals surface area contributed by atoms with Crippen molar-refractivity contribution in [3.63, 3.8) is 0 Å².